The summed E-state index contributed by atoms with van der Waals surface area (Å²) < 4.78 is 0. The van der Waals surface area contributed by atoms with Gasteiger partial charge >= 0.3 is 0 Å². The molecule has 0 aliphatic rings. The molecule has 0 saturated carbocycles. The molecular formula is C43H64. The molecule has 0 aliphatic heterocycles. The lowest BCUT2D eigenvalue weighted by Crippen LogP contribution is -2.32. The quantitative estimate of drug-likeness (QED) is 0.0730. The van der Waals surface area contributed by atoms with Crippen LogP contribution in [0.15, 0.2) is 78.9 Å². The largest absolute Gasteiger partial charge is 0.0654 e. The van der Waals surface area contributed by atoms with E-state index < -0.39 is 0 Å². The smallest absolute Gasteiger partial charge is 0.0456 e. The number of hydrogen-bond donors (Lipinski definition) is 0. The van der Waals surface area contributed by atoms with Gasteiger partial charge in [0.05, 0.1) is 0 Å². The van der Waals surface area contributed by atoms with Crippen LogP contribution in [0.25, 0.3) is 0 Å². The van der Waals surface area contributed by atoms with Crippen molar-refractivity contribution in [2.24, 2.45) is 0 Å². The molecule has 3 aromatic carbocycles. The molecule has 0 aliphatic carbocycles. The fourth-order valence-electron chi connectivity index (χ4n) is 7.26. The summed E-state index contributed by atoms with van der Waals surface area (Å²) in [6.07, 6.45) is 27.8. The molecule has 0 bridgehead atoms. The Morgan fingerprint density at radius 2 is 0.744 bits per heavy atom. The van der Waals surface area contributed by atoms with Crippen molar-refractivity contribution in [2.45, 2.75) is 161 Å². The summed E-state index contributed by atoms with van der Waals surface area (Å²) in [6, 6.07) is 30.7. The lowest BCUT2D eigenvalue weighted by atomic mass is 9.63. The van der Waals surface area contributed by atoms with Crippen molar-refractivity contribution in [1.82, 2.24) is 0 Å². The molecule has 0 heterocycles. The van der Waals surface area contributed by atoms with Crippen LogP contribution in [0, 0.1) is 0 Å². The zero-order valence-electron chi connectivity index (χ0n) is 28.4. The number of benzene rings is 3. The maximum atomic E-state index is 2.50. The highest BCUT2D eigenvalue weighted by molar-refractivity contribution is 5.55. The van der Waals surface area contributed by atoms with Crippen LogP contribution in [0.5, 0.6) is 0 Å². The predicted octanol–water partition coefficient (Wildman–Crippen LogP) is 13.6. The minimum atomic E-state index is -0.108. The first-order valence-corrected chi connectivity index (χ1v) is 18.5. The van der Waals surface area contributed by atoms with Crippen LogP contribution in [-0.2, 0) is 18.3 Å². The molecule has 0 heteroatoms. The predicted molar refractivity (Wildman–Crippen MR) is 191 cm³/mol. The molecular weight excluding hydrogens is 516 g/mol. The number of unbranched alkanes of at least 4 members (excludes halogenated alkanes) is 15. The van der Waals surface area contributed by atoms with Crippen molar-refractivity contribution in [2.75, 3.05) is 0 Å². The van der Waals surface area contributed by atoms with Crippen LogP contribution < -0.4 is 0 Å². The summed E-state index contributed by atoms with van der Waals surface area (Å²) in [6.45, 7) is 6.95. The highest BCUT2D eigenvalue weighted by Gasteiger charge is 2.38. The van der Waals surface area contributed by atoms with Gasteiger partial charge in [0.15, 0.2) is 0 Å². The van der Waals surface area contributed by atoms with E-state index in [-0.39, 0.29) is 5.41 Å². The normalized spacial score (nSPS) is 11.7. The van der Waals surface area contributed by atoms with Crippen LogP contribution in [0.2, 0.25) is 0 Å². The third kappa shape index (κ3) is 11.3. The van der Waals surface area contributed by atoms with Crippen LogP contribution in [0.3, 0.4) is 0 Å². The van der Waals surface area contributed by atoms with Crippen molar-refractivity contribution in [3.63, 3.8) is 0 Å². The molecule has 0 aromatic heterocycles. The lowest BCUT2D eigenvalue weighted by Gasteiger charge is -2.39. The maximum absolute atomic E-state index is 2.50. The Hall–Kier alpha value is -2.34. The Morgan fingerprint density at radius 3 is 1.21 bits per heavy atom. The first kappa shape index (κ1) is 35.1. The number of hydrogen-bond acceptors (Lipinski definition) is 0. The van der Waals surface area contributed by atoms with Gasteiger partial charge in [0.25, 0.3) is 0 Å². The average Bonchev–Trinajstić information content (AvgIpc) is 3.05. The summed E-state index contributed by atoms with van der Waals surface area (Å²) >= 11 is 0. The summed E-state index contributed by atoms with van der Waals surface area (Å²) in [5, 5.41) is 0. The minimum Gasteiger partial charge on any atom is -0.0654 e. The fourth-order valence-corrected chi connectivity index (χ4v) is 7.26. The standard InChI is InChI=1S/C43H64/c1-4-7-10-13-16-20-29-38-31-24-26-35-41(38)43(40-33-22-19-23-34-40,37-28-18-15-12-9-6-3)42-36-27-25-32-39(42)30-21-17-14-11-8-5-2/h19,22-27,31-36H,4-18,20-21,28-30,37H2,1-3H3. The van der Waals surface area contributed by atoms with E-state index in [0.29, 0.717) is 0 Å². The van der Waals surface area contributed by atoms with Gasteiger partial charge < -0.3 is 0 Å². The van der Waals surface area contributed by atoms with Gasteiger partial charge in [0, 0.05) is 5.41 Å². The summed E-state index contributed by atoms with van der Waals surface area (Å²) in [5.74, 6) is 0. The van der Waals surface area contributed by atoms with E-state index in [1.54, 1.807) is 22.3 Å². The second-order valence-corrected chi connectivity index (χ2v) is 13.1. The van der Waals surface area contributed by atoms with Crippen molar-refractivity contribution < 1.29 is 0 Å². The highest BCUT2D eigenvalue weighted by Crippen LogP contribution is 2.46. The minimum absolute atomic E-state index is 0.108. The van der Waals surface area contributed by atoms with Crippen LogP contribution in [-0.4, -0.2) is 0 Å². The van der Waals surface area contributed by atoms with Crippen molar-refractivity contribution in [3.05, 3.63) is 107 Å². The van der Waals surface area contributed by atoms with E-state index in [9.17, 15) is 0 Å². The molecule has 0 unspecified atom stereocenters. The molecule has 3 rings (SSSR count). The van der Waals surface area contributed by atoms with Gasteiger partial charge in [-0.2, -0.15) is 0 Å². The Balaban J connectivity index is 2.01. The van der Waals surface area contributed by atoms with E-state index in [1.807, 2.05) is 0 Å². The molecule has 0 fully saturated rings. The Kier molecular flexibility index (Phi) is 17.5. The monoisotopic (exact) mass is 581 g/mol. The lowest BCUT2D eigenvalue weighted by molar-refractivity contribution is 0.490. The molecule has 43 heavy (non-hydrogen) atoms. The van der Waals surface area contributed by atoms with E-state index in [0.717, 1.165) is 0 Å². The molecule has 0 amide bonds. The molecule has 0 saturated heterocycles. The molecule has 0 nitrogen and oxygen atoms in total. The maximum Gasteiger partial charge on any atom is 0.0456 e. The zero-order valence-corrected chi connectivity index (χ0v) is 28.4. The molecule has 236 valence electrons. The number of rotatable bonds is 24. The molecule has 0 atom stereocenters. The van der Waals surface area contributed by atoms with Gasteiger partial charge in [-0.25, -0.2) is 0 Å². The van der Waals surface area contributed by atoms with Crippen LogP contribution >= 0.6 is 0 Å². The van der Waals surface area contributed by atoms with Gasteiger partial charge in [-0.1, -0.05) is 202 Å². The van der Waals surface area contributed by atoms with E-state index in [1.165, 1.54) is 140 Å². The van der Waals surface area contributed by atoms with Gasteiger partial charge in [-0.15, -0.1) is 0 Å². The molecule has 3 aromatic rings. The second kappa shape index (κ2) is 21.4. The zero-order chi connectivity index (χ0) is 30.4. The van der Waals surface area contributed by atoms with Gasteiger partial charge in [0.2, 0.25) is 0 Å². The molecule has 0 spiro atoms. The third-order valence-corrected chi connectivity index (χ3v) is 9.73. The topological polar surface area (TPSA) is 0 Å². The third-order valence-electron chi connectivity index (χ3n) is 9.73. The highest BCUT2D eigenvalue weighted by atomic mass is 14.4. The van der Waals surface area contributed by atoms with Gasteiger partial charge in [-0.3, -0.25) is 0 Å². The Labute approximate surface area is 267 Å². The fraction of sp³-hybridized carbons (Fsp3) is 0.581. The molecule has 0 radical (unpaired) electrons. The van der Waals surface area contributed by atoms with Crippen LogP contribution in [0.4, 0.5) is 0 Å². The first-order valence-electron chi connectivity index (χ1n) is 18.5. The summed E-state index contributed by atoms with van der Waals surface area (Å²) in [7, 11) is 0. The van der Waals surface area contributed by atoms with Crippen molar-refractivity contribution in [1.29, 1.82) is 0 Å². The second-order valence-electron chi connectivity index (χ2n) is 13.1. The Bertz CT molecular complexity index is 1030. The van der Waals surface area contributed by atoms with E-state index in [2.05, 4.69) is 99.6 Å². The van der Waals surface area contributed by atoms with E-state index >= 15 is 0 Å². The summed E-state index contributed by atoms with van der Waals surface area (Å²) in [4.78, 5) is 0. The SMILES string of the molecule is CCCCCCCCc1ccccc1C(CCCCCCCC)(c1ccccc1)c1ccccc1CCCCCCCC. The number of aryl methyl sites for hydroxylation is 2. The van der Waals surface area contributed by atoms with Gasteiger partial charge in [0.1, 0.15) is 0 Å². The average molecular weight is 581 g/mol. The summed E-state index contributed by atoms with van der Waals surface area (Å²) in [5.41, 5.74) is 7.65. The van der Waals surface area contributed by atoms with Crippen molar-refractivity contribution in [3.8, 4) is 0 Å². The van der Waals surface area contributed by atoms with Crippen LogP contribution in [0.1, 0.15) is 171 Å². The molecule has 0 N–H and O–H groups in total. The first-order chi connectivity index (χ1) is 21.3. The van der Waals surface area contributed by atoms with E-state index in [4.69, 9.17) is 0 Å². The Morgan fingerprint density at radius 1 is 0.372 bits per heavy atom. The van der Waals surface area contributed by atoms with Crippen molar-refractivity contribution >= 4 is 0 Å². The van der Waals surface area contributed by atoms with Gasteiger partial charge in [-0.05, 0) is 59.9 Å².